The first-order valence-corrected chi connectivity index (χ1v) is 8.11. The third kappa shape index (κ3) is 2.23. The number of carbonyl (C=O) groups excluding carboxylic acids is 1. The topological polar surface area (TPSA) is 45.0 Å². The zero-order valence-electron chi connectivity index (χ0n) is 12.2. The molecule has 0 spiro atoms. The van der Waals surface area contributed by atoms with Crippen molar-refractivity contribution in [3.05, 3.63) is 53.6 Å². The fourth-order valence-electron chi connectivity index (χ4n) is 2.78. The Morgan fingerprint density at radius 2 is 2.18 bits per heavy atom. The Hall–Kier alpha value is -2.40. The van der Waals surface area contributed by atoms with Gasteiger partial charge in [0.25, 0.3) is 5.91 Å². The maximum Gasteiger partial charge on any atom is 0.335 e. The number of rotatable bonds is 2. The number of hydrogen-bond donors (Lipinski definition) is 2. The Morgan fingerprint density at radius 3 is 3.05 bits per heavy atom. The first kappa shape index (κ1) is 13.3. The van der Waals surface area contributed by atoms with Gasteiger partial charge >= 0.3 is 5.13 Å². The van der Waals surface area contributed by atoms with E-state index in [0.717, 1.165) is 24.3 Å². The molecule has 2 N–H and O–H groups in total. The molecule has 1 aliphatic heterocycles. The molecule has 0 saturated carbocycles. The van der Waals surface area contributed by atoms with E-state index in [1.54, 1.807) is 11.3 Å². The van der Waals surface area contributed by atoms with E-state index in [2.05, 4.69) is 27.3 Å². The van der Waals surface area contributed by atoms with Gasteiger partial charge in [-0.05, 0) is 42.5 Å². The fraction of sp³-hybridized carbons (Fsp3) is 0.176. The summed E-state index contributed by atoms with van der Waals surface area (Å²) in [5.41, 5.74) is 3.77. The van der Waals surface area contributed by atoms with Gasteiger partial charge in [-0.15, -0.1) is 0 Å². The van der Waals surface area contributed by atoms with Crippen LogP contribution in [0.25, 0.3) is 10.2 Å². The number of benzene rings is 2. The van der Waals surface area contributed by atoms with E-state index in [0.29, 0.717) is 5.56 Å². The van der Waals surface area contributed by atoms with Crippen LogP contribution in [-0.4, -0.2) is 12.5 Å². The molecule has 4 rings (SSSR count). The quantitative estimate of drug-likeness (QED) is 0.714. The molecule has 0 saturated heterocycles. The van der Waals surface area contributed by atoms with Gasteiger partial charge in [-0.25, -0.2) is 4.57 Å². The summed E-state index contributed by atoms with van der Waals surface area (Å²) >= 11 is 1.75. The van der Waals surface area contributed by atoms with Gasteiger partial charge in [-0.3, -0.25) is 10.1 Å². The maximum absolute atomic E-state index is 12.3. The van der Waals surface area contributed by atoms with E-state index in [1.165, 1.54) is 15.3 Å². The lowest BCUT2D eigenvalue weighted by Gasteiger charge is -2.06. The van der Waals surface area contributed by atoms with E-state index in [9.17, 15) is 4.79 Å². The Morgan fingerprint density at radius 1 is 1.27 bits per heavy atom. The third-order valence-corrected chi connectivity index (χ3v) is 4.97. The summed E-state index contributed by atoms with van der Waals surface area (Å²) in [6, 6.07) is 13.7. The van der Waals surface area contributed by atoms with Gasteiger partial charge in [0, 0.05) is 17.3 Å². The second kappa shape index (κ2) is 5.10. The lowest BCUT2D eigenvalue weighted by atomic mass is 10.1. The van der Waals surface area contributed by atoms with Crippen LogP contribution in [0.15, 0.2) is 42.5 Å². The first-order valence-electron chi connectivity index (χ1n) is 7.29. The molecule has 2 heterocycles. The van der Waals surface area contributed by atoms with Crippen LogP contribution in [0.2, 0.25) is 0 Å². The molecule has 110 valence electrons. The highest BCUT2D eigenvalue weighted by Gasteiger charge is 2.23. The molecule has 3 aromatic rings. The van der Waals surface area contributed by atoms with Crippen LogP contribution >= 0.6 is 11.3 Å². The normalized spacial score (nSPS) is 13.0. The lowest BCUT2D eigenvalue weighted by Crippen LogP contribution is -2.28. The number of nitrogens with one attached hydrogen (secondary N) is 2. The number of carbonyl (C=O) groups is 1. The summed E-state index contributed by atoms with van der Waals surface area (Å²) in [6.45, 7) is 3.94. The van der Waals surface area contributed by atoms with E-state index in [-0.39, 0.29) is 5.91 Å². The summed E-state index contributed by atoms with van der Waals surface area (Å²) in [5.74, 6) is -0.0712. The lowest BCUT2D eigenvalue weighted by molar-refractivity contribution is -0.640. The van der Waals surface area contributed by atoms with Crippen molar-refractivity contribution in [2.45, 2.75) is 13.5 Å². The Kier molecular flexibility index (Phi) is 3.08. The van der Waals surface area contributed by atoms with Crippen LogP contribution in [0.4, 0.5) is 10.8 Å². The van der Waals surface area contributed by atoms with Crippen molar-refractivity contribution >= 4 is 38.3 Å². The molecular formula is C17H16N3OS+. The second-order valence-corrected chi connectivity index (χ2v) is 6.52. The number of hydrogen-bond acceptors (Lipinski definition) is 3. The molecule has 0 unspecified atom stereocenters. The number of thiazole rings is 1. The zero-order chi connectivity index (χ0) is 15.1. The fourth-order valence-corrected chi connectivity index (χ4v) is 3.87. The molecule has 0 fully saturated rings. The van der Waals surface area contributed by atoms with E-state index < -0.39 is 0 Å². The van der Waals surface area contributed by atoms with E-state index >= 15 is 0 Å². The Labute approximate surface area is 132 Å². The molecule has 0 atom stereocenters. The second-order valence-electron chi connectivity index (χ2n) is 5.49. The van der Waals surface area contributed by atoms with Crippen molar-refractivity contribution in [1.82, 2.24) is 0 Å². The van der Waals surface area contributed by atoms with Crippen molar-refractivity contribution in [2.75, 3.05) is 17.2 Å². The standard InChI is InChI=1S/C17H15N3OS/c1-11-3-2-4-12(9-11)16(21)19-13-5-6-15-14(10-13)20-8-7-18-17(20)22-15/h2-6,9-10H,7-8H2,1H3,(H,19,21)/p+1. The van der Waals surface area contributed by atoms with Crippen molar-refractivity contribution < 1.29 is 9.36 Å². The van der Waals surface area contributed by atoms with Crippen LogP contribution in [0.1, 0.15) is 15.9 Å². The van der Waals surface area contributed by atoms with Crippen LogP contribution in [0, 0.1) is 6.92 Å². The highest BCUT2D eigenvalue weighted by atomic mass is 32.1. The van der Waals surface area contributed by atoms with E-state index in [4.69, 9.17) is 0 Å². The van der Waals surface area contributed by atoms with Gasteiger partial charge in [0.1, 0.15) is 18.6 Å². The highest BCUT2D eigenvalue weighted by Crippen LogP contribution is 2.28. The average Bonchev–Trinajstić information content (AvgIpc) is 3.08. The molecule has 0 bridgehead atoms. The summed E-state index contributed by atoms with van der Waals surface area (Å²) in [7, 11) is 0. The van der Waals surface area contributed by atoms with Crippen LogP contribution in [-0.2, 0) is 6.54 Å². The molecule has 0 radical (unpaired) electrons. The SMILES string of the molecule is Cc1cccc(C(=O)Nc2ccc3sc4[n+](c3c2)CCN4)c1. The molecule has 5 heteroatoms. The number of fused-ring (bicyclic) bond motifs is 3. The molecule has 22 heavy (non-hydrogen) atoms. The number of aromatic nitrogens is 1. The molecule has 4 nitrogen and oxygen atoms in total. The number of aryl methyl sites for hydroxylation is 1. The van der Waals surface area contributed by atoms with Gasteiger partial charge in [-0.2, -0.15) is 0 Å². The minimum Gasteiger partial charge on any atom is -0.322 e. The largest absolute Gasteiger partial charge is 0.335 e. The average molecular weight is 310 g/mol. The molecule has 2 aromatic carbocycles. The van der Waals surface area contributed by atoms with Gasteiger partial charge < -0.3 is 5.32 Å². The maximum atomic E-state index is 12.3. The van der Waals surface area contributed by atoms with Crippen LogP contribution in [0.3, 0.4) is 0 Å². The van der Waals surface area contributed by atoms with Crippen molar-refractivity contribution in [2.24, 2.45) is 0 Å². The number of anilines is 2. The Balaban J connectivity index is 1.65. The van der Waals surface area contributed by atoms with Crippen LogP contribution < -0.4 is 15.2 Å². The molecule has 1 amide bonds. The summed E-state index contributed by atoms with van der Waals surface area (Å²) in [5, 5.41) is 7.56. The highest BCUT2D eigenvalue weighted by molar-refractivity contribution is 7.21. The minimum absolute atomic E-state index is 0.0712. The zero-order valence-corrected chi connectivity index (χ0v) is 13.0. The molecular weight excluding hydrogens is 294 g/mol. The number of amides is 1. The third-order valence-electron chi connectivity index (χ3n) is 3.85. The summed E-state index contributed by atoms with van der Waals surface area (Å²) < 4.78 is 3.50. The predicted molar refractivity (Wildman–Crippen MR) is 89.6 cm³/mol. The van der Waals surface area contributed by atoms with Gasteiger partial charge in [0.15, 0.2) is 0 Å². The Bertz CT molecular complexity index is 885. The molecule has 0 aliphatic carbocycles. The smallest absolute Gasteiger partial charge is 0.322 e. The molecule has 1 aromatic heterocycles. The summed E-state index contributed by atoms with van der Waals surface area (Å²) in [6.07, 6.45) is 0. The van der Waals surface area contributed by atoms with Gasteiger partial charge in [0.2, 0.25) is 0 Å². The minimum atomic E-state index is -0.0712. The predicted octanol–water partition coefficient (Wildman–Crippen LogP) is 3.18. The van der Waals surface area contributed by atoms with Gasteiger partial charge in [0.05, 0.1) is 4.70 Å². The van der Waals surface area contributed by atoms with Crippen molar-refractivity contribution in [3.8, 4) is 0 Å². The number of nitrogens with zero attached hydrogens (tertiary/aromatic N) is 1. The van der Waals surface area contributed by atoms with Crippen molar-refractivity contribution in [3.63, 3.8) is 0 Å². The van der Waals surface area contributed by atoms with Crippen LogP contribution in [0.5, 0.6) is 0 Å². The van der Waals surface area contributed by atoms with Crippen molar-refractivity contribution in [1.29, 1.82) is 0 Å². The summed E-state index contributed by atoms with van der Waals surface area (Å²) in [4.78, 5) is 12.3. The first-order chi connectivity index (χ1) is 10.7. The monoisotopic (exact) mass is 310 g/mol. The molecule has 1 aliphatic rings. The van der Waals surface area contributed by atoms with E-state index in [1.807, 2.05) is 37.3 Å². The van der Waals surface area contributed by atoms with Gasteiger partial charge in [-0.1, -0.05) is 17.7 Å².